The Hall–Kier alpha value is -2.82. The lowest BCUT2D eigenvalue weighted by Gasteiger charge is -2.26. The Kier molecular flexibility index (Phi) is 35.6. The smallest absolute Gasteiger partial charge is 0.223 e. The minimum absolute atomic E-state index is 0.00709. The van der Waals surface area contributed by atoms with Crippen LogP contribution >= 0.6 is 110 Å². The quantitative estimate of drug-likeness (QED) is 0.0182. The lowest BCUT2D eigenvalue weighted by Crippen LogP contribution is -2.31. The van der Waals surface area contributed by atoms with E-state index in [0.29, 0.717) is 31.6 Å². The van der Waals surface area contributed by atoms with E-state index in [1.807, 2.05) is 26.0 Å². The highest BCUT2D eigenvalue weighted by Crippen LogP contribution is 2.38. The van der Waals surface area contributed by atoms with E-state index in [9.17, 15) is 4.79 Å². The third kappa shape index (κ3) is 27.9. The SMILES string of the molecule is CCN(C)c1c(NCCCC(C)(C)C)c(=S)c1=S.CCN(CC)c1c(NCCCC(C)(C)C)c(=O)c1=S.CCNc1c(NCCCC(C)(C)C)c(=S)c1=S.CN(C)c1c(NCCCC(C)(C)C)c(=S)c1=S.CNc1c(NCCCC(C)(C)C)c(=S)c1=S. The summed E-state index contributed by atoms with van der Waals surface area (Å²) in [5.74, 6) is 0. The van der Waals surface area contributed by atoms with Gasteiger partial charge < -0.3 is 51.9 Å². The highest BCUT2D eigenvalue weighted by atomic mass is 32.1. The number of anilines is 10. The van der Waals surface area contributed by atoms with Crippen molar-refractivity contribution in [2.75, 3.05) is 139 Å². The van der Waals surface area contributed by atoms with E-state index in [0.717, 1.165) is 190 Å². The van der Waals surface area contributed by atoms with E-state index in [1.165, 1.54) is 25.7 Å². The summed E-state index contributed by atoms with van der Waals surface area (Å²) in [6.07, 6.45) is 11.7. The zero-order valence-corrected chi connectivity index (χ0v) is 65.2. The van der Waals surface area contributed by atoms with Crippen molar-refractivity contribution < 1.29 is 0 Å². The Balaban J connectivity index is 0.000000544. The van der Waals surface area contributed by atoms with Crippen molar-refractivity contribution in [1.82, 2.24) is 0 Å². The molecule has 0 atom stereocenters. The second kappa shape index (κ2) is 37.6. The third-order valence-corrected chi connectivity index (χ3v) is 18.6. The molecule has 0 spiro atoms. The summed E-state index contributed by atoms with van der Waals surface area (Å²) in [6, 6.07) is 0. The molecular weight excluding hydrogens is 1250 g/mol. The van der Waals surface area contributed by atoms with Gasteiger partial charge in [0.25, 0.3) is 0 Å². The fourth-order valence-electron chi connectivity index (χ4n) is 9.29. The van der Waals surface area contributed by atoms with Gasteiger partial charge >= 0.3 is 0 Å². The average Bonchev–Trinajstić information content (AvgIpc) is 1.60. The molecule has 0 fully saturated rings. The second-order valence-electron chi connectivity index (χ2n) is 28.8. The largest absolute Gasteiger partial charge is 0.385 e. The highest BCUT2D eigenvalue weighted by molar-refractivity contribution is 7.75. The molecule has 87 heavy (non-hydrogen) atoms. The average molecular weight is 1360 g/mol. The first-order chi connectivity index (χ1) is 40.1. The van der Waals surface area contributed by atoms with E-state index in [1.54, 1.807) is 0 Å². The molecule has 492 valence electrons. The Labute approximate surface area is 574 Å². The van der Waals surface area contributed by atoms with Gasteiger partial charge in [0.05, 0.1) is 87.3 Å². The van der Waals surface area contributed by atoms with Crippen molar-refractivity contribution in [3.05, 3.63) is 50.8 Å². The van der Waals surface area contributed by atoms with E-state index < -0.39 is 0 Å². The summed E-state index contributed by atoms with van der Waals surface area (Å²) >= 11 is 47.1. The third-order valence-electron chi connectivity index (χ3n) is 14.5. The maximum atomic E-state index is 11.8. The van der Waals surface area contributed by atoms with Gasteiger partial charge in [-0.1, -0.05) is 214 Å². The number of hydrogen-bond acceptors (Lipinski definition) is 20. The van der Waals surface area contributed by atoms with Crippen LogP contribution in [0.4, 0.5) is 56.9 Å². The molecule has 0 aliphatic rings. The van der Waals surface area contributed by atoms with Crippen molar-refractivity contribution in [3.63, 3.8) is 0 Å². The minimum atomic E-state index is 0.00709. The molecule has 0 saturated heterocycles. The Morgan fingerprint density at radius 1 is 0.333 bits per heavy atom. The standard InChI is InChI=1S/C15H26N2OS.C14H24N2S2.2C13H22N2S2.C12H20N2S2/c1-6-17(7-2)12-11(13(18)14(12)19)16-10-8-9-15(3,4)5;1-6-16(5)11-10(12(17)13(11)18)15-9-7-8-14(2,3)4;1-13(2,3)7-6-8-14-9-10(15(4)5)12(17)11(9)16;1-5-14-9-10(12(17)11(9)16)15-8-6-7-13(2,3)4;1-12(2,3)6-5-7-14-9-8(13-4)10(15)11(9)16/h16H,6-10H2,1-5H3;15H,6-9H2,1-5H3;14H,6-8H2,1-5H3;14-15H,5-8H2,1-4H3;13-14H,5-7H2,1-4H3. The summed E-state index contributed by atoms with van der Waals surface area (Å²) in [4.78, 5) is 18.1. The van der Waals surface area contributed by atoms with Crippen LogP contribution < -0.4 is 57.3 Å². The van der Waals surface area contributed by atoms with Crippen LogP contribution in [0.2, 0.25) is 0 Å². The number of hydrogen-bond donors (Lipinski definition) is 7. The van der Waals surface area contributed by atoms with Crippen LogP contribution in [0.1, 0.15) is 196 Å². The summed E-state index contributed by atoms with van der Waals surface area (Å²) in [7, 11) is 7.93. The first-order valence-corrected chi connectivity index (χ1v) is 35.1. The van der Waals surface area contributed by atoms with E-state index in [-0.39, 0.29) is 5.43 Å². The van der Waals surface area contributed by atoms with Gasteiger partial charge in [-0.05, 0) is 119 Å². The zero-order valence-electron chi connectivity index (χ0n) is 57.9. The first kappa shape index (κ1) is 82.2. The maximum absolute atomic E-state index is 11.8. The molecule has 0 aliphatic heterocycles. The Morgan fingerprint density at radius 3 is 0.908 bits per heavy atom. The van der Waals surface area contributed by atoms with Crippen molar-refractivity contribution in [2.45, 2.75) is 196 Å². The number of rotatable bonds is 29. The van der Waals surface area contributed by atoms with E-state index in [2.05, 4.69) is 186 Å². The molecule has 0 amide bonds. The van der Waals surface area contributed by atoms with Crippen LogP contribution in [-0.2, 0) is 0 Å². The van der Waals surface area contributed by atoms with Gasteiger partial charge in [-0.2, -0.15) is 0 Å². The van der Waals surface area contributed by atoms with Crippen LogP contribution in [0.25, 0.3) is 0 Å². The minimum Gasteiger partial charge on any atom is -0.385 e. The predicted molar refractivity (Wildman–Crippen MR) is 414 cm³/mol. The lowest BCUT2D eigenvalue weighted by molar-refractivity contribution is 0.370. The summed E-state index contributed by atoms with van der Waals surface area (Å²) in [6.45, 7) is 50.5. The van der Waals surface area contributed by atoms with Crippen LogP contribution in [0.5, 0.6) is 0 Å². The number of nitrogens with one attached hydrogen (secondary N) is 7. The molecule has 0 saturated carbocycles. The molecule has 0 unspecified atom stereocenters. The van der Waals surface area contributed by atoms with Crippen LogP contribution in [0.15, 0.2) is 4.79 Å². The number of nitrogens with zero attached hydrogens (tertiary/aromatic N) is 3. The molecule has 0 bridgehead atoms. The zero-order chi connectivity index (χ0) is 67.2. The summed E-state index contributed by atoms with van der Waals surface area (Å²) in [5, 5.41) is 23.2. The highest BCUT2D eigenvalue weighted by Gasteiger charge is 2.23. The molecule has 0 radical (unpaired) electrons. The van der Waals surface area contributed by atoms with Gasteiger partial charge in [0.1, 0.15) is 10.2 Å². The molecule has 0 heterocycles. The van der Waals surface area contributed by atoms with Crippen molar-refractivity contribution in [3.8, 4) is 0 Å². The lowest BCUT2D eigenvalue weighted by atomic mass is 9.90. The van der Waals surface area contributed by atoms with Crippen molar-refractivity contribution in [2.24, 2.45) is 27.1 Å². The van der Waals surface area contributed by atoms with Gasteiger partial charge in [0.15, 0.2) is 0 Å². The van der Waals surface area contributed by atoms with Crippen LogP contribution in [0, 0.1) is 67.7 Å². The fourth-order valence-corrected chi connectivity index (χ4v) is 12.0. The Morgan fingerprint density at radius 2 is 0.609 bits per heavy atom. The molecule has 0 aromatic heterocycles. The summed E-state index contributed by atoms with van der Waals surface area (Å²) in [5.41, 5.74) is 12.0. The van der Waals surface area contributed by atoms with Gasteiger partial charge in [-0.3, -0.25) is 4.79 Å². The van der Waals surface area contributed by atoms with Crippen LogP contribution in [-0.4, -0.2) is 87.1 Å². The van der Waals surface area contributed by atoms with E-state index in [4.69, 9.17) is 110 Å². The molecular formula is C67H114N10OS9. The molecule has 0 aliphatic carbocycles. The molecule has 5 aromatic rings. The topological polar surface area (TPSA) is 111 Å². The van der Waals surface area contributed by atoms with Crippen molar-refractivity contribution >= 4 is 167 Å². The first-order valence-electron chi connectivity index (χ1n) is 31.5. The van der Waals surface area contributed by atoms with Gasteiger partial charge in [0, 0.05) is 87.1 Å². The summed E-state index contributed by atoms with van der Waals surface area (Å²) < 4.78 is 7.01. The molecule has 5 rings (SSSR count). The normalized spacial score (nSPS) is 11.8. The molecule has 11 nitrogen and oxygen atoms in total. The maximum Gasteiger partial charge on any atom is 0.223 e. The molecule has 5 aromatic carbocycles. The monoisotopic (exact) mass is 1360 g/mol. The molecule has 20 heteroatoms. The van der Waals surface area contributed by atoms with Gasteiger partial charge in [-0.15, -0.1) is 0 Å². The van der Waals surface area contributed by atoms with Crippen molar-refractivity contribution in [1.29, 1.82) is 0 Å². The van der Waals surface area contributed by atoms with Crippen LogP contribution in [0.3, 0.4) is 0 Å². The predicted octanol–water partition coefficient (Wildman–Crippen LogP) is 21.8. The second-order valence-corrected chi connectivity index (χ2v) is 32.5. The van der Waals surface area contributed by atoms with Gasteiger partial charge in [-0.25, -0.2) is 0 Å². The Bertz CT molecular complexity index is 3260. The van der Waals surface area contributed by atoms with E-state index >= 15 is 0 Å². The molecule has 7 N–H and O–H groups in total. The van der Waals surface area contributed by atoms with Gasteiger partial charge in [0.2, 0.25) is 5.43 Å². The fraction of sp³-hybridized carbons (Fsp3) is 0.701.